The highest BCUT2D eigenvalue weighted by molar-refractivity contribution is 6.30. The van der Waals surface area contributed by atoms with Gasteiger partial charge in [-0.2, -0.15) is 0 Å². The first-order chi connectivity index (χ1) is 14.8. The standard InChI is InChI=1S/C21H32ClN4O5/c1-26(2)9-24-20-14(19(26)23)5-6-25(20)21-16(28)15(27)18(31-21)17-13-4-3-12(22)7-11(13)8-29-10-30-17/h3-4,7,14-21,24,27-28H,5-6,8-10,23H2,1-2H3/q+1/t14?,15-,16+,17+,18-,19?,20?,21+/m0/s1. The number of nitrogens with zero attached hydrogens (tertiary/aromatic N) is 2. The molecule has 5 N–H and O–H groups in total. The van der Waals surface area contributed by atoms with E-state index < -0.39 is 30.6 Å². The lowest BCUT2D eigenvalue weighted by molar-refractivity contribution is -0.927. The Morgan fingerprint density at radius 1 is 1.26 bits per heavy atom. The highest BCUT2D eigenvalue weighted by Crippen LogP contribution is 2.41. The van der Waals surface area contributed by atoms with Crippen LogP contribution in [-0.2, 0) is 20.8 Å². The molecule has 0 amide bonds. The van der Waals surface area contributed by atoms with Crippen LogP contribution in [-0.4, -0.2) is 90.6 Å². The summed E-state index contributed by atoms with van der Waals surface area (Å²) in [4.78, 5) is 2.10. The molecule has 0 aliphatic carbocycles. The number of quaternary nitrogens is 1. The highest BCUT2D eigenvalue weighted by atomic mass is 35.5. The third kappa shape index (κ3) is 3.71. The molecule has 1 aromatic rings. The minimum atomic E-state index is -1.10. The van der Waals surface area contributed by atoms with E-state index in [4.69, 9.17) is 31.5 Å². The van der Waals surface area contributed by atoms with Gasteiger partial charge in [0.2, 0.25) is 0 Å². The summed E-state index contributed by atoms with van der Waals surface area (Å²) in [6, 6.07) is 5.50. The van der Waals surface area contributed by atoms with Crippen LogP contribution in [0.15, 0.2) is 18.2 Å². The molecule has 0 radical (unpaired) electrons. The van der Waals surface area contributed by atoms with Crippen LogP contribution in [0.5, 0.6) is 0 Å². The summed E-state index contributed by atoms with van der Waals surface area (Å²) in [7, 11) is 4.23. The molecule has 3 fully saturated rings. The average molecular weight is 456 g/mol. The van der Waals surface area contributed by atoms with Gasteiger partial charge in [-0.25, -0.2) is 0 Å². The van der Waals surface area contributed by atoms with Crippen molar-refractivity contribution in [3.8, 4) is 0 Å². The normalized spacial score (nSPS) is 42.8. The molecular weight excluding hydrogens is 424 g/mol. The zero-order valence-electron chi connectivity index (χ0n) is 17.9. The van der Waals surface area contributed by atoms with E-state index in [0.717, 1.165) is 30.8 Å². The molecule has 172 valence electrons. The average Bonchev–Trinajstić information content (AvgIpc) is 3.20. The minimum Gasteiger partial charge on any atom is -0.387 e. The fourth-order valence-electron chi connectivity index (χ4n) is 5.53. The van der Waals surface area contributed by atoms with Gasteiger partial charge in [0.05, 0.1) is 32.8 Å². The molecule has 3 saturated heterocycles. The number of likely N-dealkylation sites (tertiary alicyclic amines) is 1. The molecule has 4 aliphatic heterocycles. The first-order valence-electron chi connectivity index (χ1n) is 10.8. The quantitative estimate of drug-likeness (QED) is 0.458. The molecule has 0 aromatic heterocycles. The molecule has 4 heterocycles. The molecule has 0 spiro atoms. The van der Waals surface area contributed by atoms with Crippen LogP contribution in [0.4, 0.5) is 0 Å². The summed E-state index contributed by atoms with van der Waals surface area (Å²) in [5, 5.41) is 26.1. The van der Waals surface area contributed by atoms with Gasteiger partial charge in [-0.1, -0.05) is 17.7 Å². The van der Waals surface area contributed by atoms with Gasteiger partial charge in [0.1, 0.15) is 50.3 Å². The lowest BCUT2D eigenvalue weighted by Gasteiger charge is -2.47. The number of fused-ring (bicyclic) bond motifs is 2. The van der Waals surface area contributed by atoms with Crippen molar-refractivity contribution in [3.63, 3.8) is 0 Å². The van der Waals surface area contributed by atoms with Gasteiger partial charge < -0.3 is 28.9 Å². The Kier molecular flexibility index (Phi) is 5.79. The van der Waals surface area contributed by atoms with Crippen molar-refractivity contribution in [1.29, 1.82) is 0 Å². The Balaban J connectivity index is 1.38. The van der Waals surface area contributed by atoms with E-state index >= 15 is 0 Å². The van der Waals surface area contributed by atoms with Crippen LogP contribution in [0.25, 0.3) is 0 Å². The number of aliphatic hydroxyl groups is 2. The Morgan fingerprint density at radius 2 is 2.06 bits per heavy atom. The van der Waals surface area contributed by atoms with Crippen molar-refractivity contribution in [2.45, 2.75) is 56.0 Å². The van der Waals surface area contributed by atoms with Gasteiger partial charge in [-0.15, -0.1) is 0 Å². The fraction of sp³-hybridized carbons (Fsp3) is 0.714. The summed E-state index contributed by atoms with van der Waals surface area (Å²) >= 11 is 6.15. The van der Waals surface area contributed by atoms with Gasteiger partial charge in [0.15, 0.2) is 0 Å². The first-order valence-corrected chi connectivity index (χ1v) is 11.2. The second-order valence-electron chi connectivity index (χ2n) is 9.64. The van der Waals surface area contributed by atoms with E-state index in [1.807, 2.05) is 12.1 Å². The van der Waals surface area contributed by atoms with Gasteiger partial charge in [0.25, 0.3) is 0 Å². The van der Waals surface area contributed by atoms with E-state index in [1.165, 1.54) is 0 Å². The van der Waals surface area contributed by atoms with Crippen molar-refractivity contribution in [2.24, 2.45) is 11.7 Å². The smallest absolute Gasteiger partial charge is 0.148 e. The van der Waals surface area contributed by atoms with E-state index in [-0.39, 0.29) is 25.0 Å². The summed E-state index contributed by atoms with van der Waals surface area (Å²) in [5.74, 6) is 0.237. The zero-order valence-corrected chi connectivity index (χ0v) is 18.6. The lowest BCUT2D eigenvalue weighted by atomic mass is 9.95. The van der Waals surface area contributed by atoms with Crippen LogP contribution in [0.2, 0.25) is 5.02 Å². The fourth-order valence-corrected chi connectivity index (χ4v) is 5.72. The Hall–Kier alpha value is -0.850. The SMILES string of the molecule is C[N+]1(C)CNC2C(CCN2[C@@H]2O[C@H]([C@@H]3OCOCc4cc(Cl)ccc43)[C@@H](O)[C@H]2O)C1N. The number of hydrogen-bond acceptors (Lipinski definition) is 8. The molecule has 1 aromatic carbocycles. The number of halogens is 1. The predicted molar refractivity (Wildman–Crippen MR) is 112 cm³/mol. The number of ether oxygens (including phenoxy) is 3. The third-order valence-electron chi connectivity index (χ3n) is 7.34. The van der Waals surface area contributed by atoms with E-state index in [1.54, 1.807) is 6.07 Å². The maximum atomic E-state index is 11.0. The first kappa shape index (κ1) is 22.0. The molecule has 3 unspecified atom stereocenters. The molecule has 9 nitrogen and oxygen atoms in total. The summed E-state index contributed by atoms with van der Waals surface area (Å²) in [5.41, 5.74) is 8.31. The number of nitrogens with one attached hydrogen (secondary N) is 1. The van der Waals surface area contributed by atoms with Gasteiger partial charge in [-0.05, 0) is 29.7 Å². The van der Waals surface area contributed by atoms with Gasteiger partial charge in [-0.3, -0.25) is 16.0 Å². The molecular formula is C21H32ClN4O5+. The number of aliphatic hydroxyl groups excluding tert-OH is 2. The largest absolute Gasteiger partial charge is 0.387 e. The highest BCUT2D eigenvalue weighted by Gasteiger charge is 2.56. The summed E-state index contributed by atoms with van der Waals surface area (Å²) < 4.78 is 18.5. The van der Waals surface area contributed by atoms with E-state index in [2.05, 4.69) is 24.3 Å². The lowest BCUT2D eigenvalue weighted by Crippen LogP contribution is -2.71. The Labute approximate surface area is 187 Å². The topological polar surface area (TPSA) is 109 Å². The summed E-state index contributed by atoms with van der Waals surface area (Å²) in [6.45, 7) is 1.90. The Morgan fingerprint density at radius 3 is 2.87 bits per heavy atom. The summed E-state index contributed by atoms with van der Waals surface area (Å²) in [6.07, 6.45) is -3.21. The van der Waals surface area contributed by atoms with Crippen molar-refractivity contribution in [3.05, 3.63) is 34.3 Å². The van der Waals surface area contributed by atoms with Crippen molar-refractivity contribution in [2.75, 3.05) is 34.1 Å². The number of hydrogen-bond donors (Lipinski definition) is 4. The number of benzene rings is 1. The molecule has 8 atom stereocenters. The molecule has 4 aliphatic rings. The van der Waals surface area contributed by atoms with Crippen LogP contribution >= 0.6 is 11.6 Å². The Bertz CT molecular complexity index is 829. The predicted octanol–water partition coefficient (Wildman–Crippen LogP) is -0.0980. The van der Waals surface area contributed by atoms with Crippen molar-refractivity contribution in [1.82, 2.24) is 10.2 Å². The molecule has 31 heavy (non-hydrogen) atoms. The number of rotatable bonds is 2. The van der Waals surface area contributed by atoms with Crippen molar-refractivity contribution >= 4 is 11.6 Å². The molecule has 5 rings (SSSR count). The second-order valence-corrected chi connectivity index (χ2v) is 10.1. The van der Waals surface area contributed by atoms with E-state index in [9.17, 15) is 10.2 Å². The van der Waals surface area contributed by atoms with Crippen LogP contribution in [0.3, 0.4) is 0 Å². The van der Waals surface area contributed by atoms with E-state index in [0.29, 0.717) is 16.1 Å². The number of nitrogens with two attached hydrogens (primary N) is 1. The minimum absolute atomic E-state index is 0.00349. The van der Waals surface area contributed by atoms with Gasteiger partial charge in [0, 0.05) is 11.6 Å². The van der Waals surface area contributed by atoms with Crippen LogP contribution in [0, 0.1) is 5.92 Å². The maximum absolute atomic E-state index is 11.0. The molecule has 0 bridgehead atoms. The van der Waals surface area contributed by atoms with Crippen molar-refractivity contribution < 1.29 is 28.9 Å². The maximum Gasteiger partial charge on any atom is 0.148 e. The molecule has 10 heteroatoms. The molecule has 0 saturated carbocycles. The monoisotopic (exact) mass is 455 g/mol. The van der Waals surface area contributed by atoms with Crippen LogP contribution in [0.1, 0.15) is 23.7 Å². The zero-order chi connectivity index (χ0) is 21.9. The second kappa shape index (κ2) is 8.18. The van der Waals surface area contributed by atoms with Crippen LogP contribution < -0.4 is 11.1 Å². The van der Waals surface area contributed by atoms with Gasteiger partial charge >= 0.3 is 0 Å². The third-order valence-corrected chi connectivity index (χ3v) is 7.57.